The second-order valence-electron chi connectivity index (χ2n) is 3.24. The molecule has 0 radical (unpaired) electrons. The van der Waals surface area contributed by atoms with Crippen molar-refractivity contribution < 1.29 is 4.79 Å². The van der Waals surface area contributed by atoms with E-state index >= 15 is 0 Å². The fourth-order valence-corrected chi connectivity index (χ4v) is 1.19. The lowest BCUT2D eigenvalue weighted by Gasteiger charge is -2.22. The van der Waals surface area contributed by atoms with Crippen LogP contribution in [-0.4, -0.2) is 38.0 Å². The minimum absolute atomic E-state index is 0.0370. The first kappa shape index (κ1) is 11.4. The van der Waals surface area contributed by atoms with Crippen LogP contribution in [0.1, 0.15) is 26.2 Å². The first-order valence-corrected chi connectivity index (χ1v) is 4.51. The highest BCUT2D eigenvalue weighted by atomic mass is 16.2. The normalized spacial score (nSPS) is 13.1. The second-order valence-corrected chi connectivity index (χ2v) is 3.24. The molecule has 0 bridgehead atoms. The van der Waals surface area contributed by atoms with Gasteiger partial charge in [-0.25, -0.2) is 0 Å². The summed E-state index contributed by atoms with van der Waals surface area (Å²) in [5, 5.41) is 2.67. The molecule has 72 valence electrons. The van der Waals surface area contributed by atoms with E-state index in [-0.39, 0.29) is 11.9 Å². The van der Waals surface area contributed by atoms with Crippen LogP contribution < -0.4 is 5.32 Å². The van der Waals surface area contributed by atoms with Crippen LogP contribution in [0.3, 0.4) is 0 Å². The summed E-state index contributed by atoms with van der Waals surface area (Å²) in [5.74, 6) is 0.119. The third-order valence-electron chi connectivity index (χ3n) is 2.00. The quantitative estimate of drug-likeness (QED) is 0.667. The summed E-state index contributed by atoms with van der Waals surface area (Å²) in [4.78, 5) is 13.3. The molecular weight excluding hydrogens is 152 g/mol. The molecule has 0 aliphatic heterocycles. The van der Waals surface area contributed by atoms with E-state index in [0.29, 0.717) is 0 Å². The van der Waals surface area contributed by atoms with Crippen LogP contribution in [0.2, 0.25) is 0 Å². The van der Waals surface area contributed by atoms with E-state index < -0.39 is 0 Å². The Morgan fingerprint density at radius 2 is 2.08 bits per heavy atom. The molecule has 0 heterocycles. The molecule has 1 atom stereocenters. The van der Waals surface area contributed by atoms with E-state index in [0.717, 1.165) is 19.3 Å². The minimum atomic E-state index is 0.0370. The number of rotatable bonds is 5. The van der Waals surface area contributed by atoms with Crippen LogP contribution in [0.5, 0.6) is 0 Å². The molecule has 0 rings (SSSR count). The number of hydrogen-bond acceptors (Lipinski definition) is 2. The zero-order valence-electron chi connectivity index (χ0n) is 8.55. The largest absolute Gasteiger partial charge is 0.358 e. The summed E-state index contributed by atoms with van der Waals surface area (Å²) >= 11 is 0. The number of likely N-dealkylation sites (N-methyl/N-ethyl adjacent to an activating group) is 2. The second kappa shape index (κ2) is 6.00. The Morgan fingerprint density at radius 3 is 2.42 bits per heavy atom. The summed E-state index contributed by atoms with van der Waals surface area (Å²) in [5.41, 5.74) is 0. The lowest BCUT2D eigenvalue weighted by molar-refractivity contribution is -0.125. The standard InChI is InChI=1S/C9H20N2O/c1-5-6-7-8(11(3)4)9(12)10-2/h8H,5-7H2,1-4H3,(H,10,12). The molecule has 0 saturated heterocycles. The molecule has 0 fully saturated rings. The molecule has 0 aromatic heterocycles. The number of nitrogens with one attached hydrogen (secondary N) is 1. The number of unbranched alkanes of at least 4 members (excludes halogenated alkanes) is 1. The van der Waals surface area contributed by atoms with Gasteiger partial charge in [-0.15, -0.1) is 0 Å². The fourth-order valence-electron chi connectivity index (χ4n) is 1.19. The van der Waals surface area contributed by atoms with Gasteiger partial charge >= 0.3 is 0 Å². The Hall–Kier alpha value is -0.570. The van der Waals surface area contributed by atoms with Gasteiger partial charge in [0.25, 0.3) is 0 Å². The zero-order valence-corrected chi connectivity index (χ0v) is 8.55. The van der Waals surface area contributed by atoms with Crippen molar-refractivity contribution in [2.75, 3.05) is 21.1 Å². The van der Waals surface area contributed by atoms with E-state index in [9.17, 15) is 4.79 Å². The lowest BCUT2D eigenvalue weighted by Crippen LogP contribution is -2.41. The van der Waals surface area contributed by atoms with Gasteiger partial charge in [-0.3, -0.25) is 9.69 Å². The average Bonchev–Trinajstić information content (AvgIpc) is 2.04. The monoisotopic (exact) mass is 172 g/mol. The number of carbonyl (C=O) groups excluding carboxylic acids is 1. The molecular formula is C9H20N2O. The van der Waals surface area contributed by atoms with Crippen molar-refractivity contribution in [1.29, 1.82) is 0 Å². The van der Waals surface area contributed by atoms with Crippen molar-refractivity contribution in [3.8, 4) is 0 Å². The molecule has 12 heavy (non-hydrogen) atoms. The van der Waals surface area contributed by atoms with Crippen LogP contribution in [0.4, 0.5) is 0 Å². The van der Waals surface area contributed by atoms with E-state index in [4.69, 9.17) is 0 Å². The Kier molecular flexibility index (Phi) is 5.72. The van der Waals surface area contributed by atoms with Gasteiger partial charge in [0.05, 0.1) is 6.04 Å². The predicted octanol–water partition coefficient (Wildman–Crippen LogP) is 0.853. The van der Waals surface area contributed by atoms with Gasteiger partial charge in [0.1, 0.15) is 0 Å². The highest BCUT2D eigenvalue weighted by molar-refractivity contribution is 5.81. The van der Waals surface area contributed by atoms with Gasteiger partial charge in [-0.2, -0.15) is 0 Å². The van der Waals surface area contributed by atoms with Crippen molar-refractivity contribution in [3.63, 3.8) is 0 Å². The Bertz CT molecular complexity index is 134. The van der Waals surface area contributed by atoms with Crippen molar-refractivity contribution in [2.24, 2.45) is 0 Å². The van der Waals surface area contributed by atoms with Crippen molar-refractivity contribution in [2.45, 2.75) is 32.2 Å². The molecule has 0 spiro atoms. The molecule has 3 heteroatoms. The minimum Gasteiger partial charge on any atom is -0.358 e. The lowest BCUT2D eigenvalue weighted by atomic mass is 10.1. The van der Waals surface area contributed by atoms with E-state index in [1.807, 2.05) is 19.0 Å². The number of hydrogen-bond donors (Lipinski definition) is 1. The number of amides is 1. The highest BCUT2D eigenvalue weighted by Crippen LogP contribution is 2.05. The van der Waals surface area contributed by atoms with Crippen molar-refractivity contribution >= 4 is 5.91 Å². The molecule has 0 saturated carbocycles. The van der Waals surface area contributed by atoms with Gasteiger partial charge in [0.2, 0.25) is 5.91 Å². The van der Waals surface area contributed by atoms with Gasteiger partial charge in [-0.05, 0) is 20.5 Å². The van der Waals surface area contributed by atoms with E-state index in [1.165, 1.54) is 0 Å². The molecule has 0 aromatic carbocycles. The first-order valence-electron chi connectivity index (χ1n) is 4.51. The van der Waals surface area contributed by atoms with Gasteiger partial charge in [0.15, 0.2) is 0 Å². The molecule has 3 nitrogen and oxygen atoms in total. The fraction of sp³-hybridized carbons (Fsp3) is 0.889. The summed E-state index contributed by atoms with van der Waals surface area (Å²) in [6, 6.07) is 0.0370. The molecule has 0 aliphatic carbocycles. The molecule has 1 unspecified atom stereocenters. The first-order chi connectivity index (χ1) is 5.63. The van der Waals surface area contributed by atoms with E-state index in [1.54, 1.807) is 7.05 Å². The maximum Gasteiger partial charge on any atom is 0.237 e. The Morgan fingerprint density at radius 1 is 1.50 bits per heavy atom. The number of nitrogens with zero attached hydrogens (tertiary/aromatic N) is 1. The third-order valence-corrected chi connectivity index (χ3v) is 2.00. The topological polar surface area (TPSA) is 32.3 Å². The molecule has 1 N–H and O–H groups in total. The van der Waals surface area contributed by atoms with Crippen LogP contribution >= 0.6 is 0 Å². The van der Waals surface area contributed by atoms with Crippen LogP contribution in [0, 0.1) is 0 Å². The maximum atomic E-state index is 11.3. The van der Waals surface area contributed by atoms with Crippen LogP contribution in [-0.2, 0) is 4.79 Å². The van der Waals surface area contributed by atoms with Gasteiger partial charge in [-0.1, -0.05) is 19.8 Å². The maximum absolute atomic E-state index is 11.3. The Labute approximate surface area is 75.1 Å². The average molecular weight is 172 g/mol. The van der Waals surface area contributed by atoms with Gasteiger partial charge in [0, 0.05) is 7.05 Å². The number of carbonyl (C=O) groups is 1. The predicted molar refractivity (Wildman–Crippen MR) is 51.1 cm³/mol. The molecule has 1 amide bonds. The summed E-state index contributed by atoms with van der Waals surface area (Å²) < 4.78 is 0. The zero-order chi connectivity index (χ0) is 9.56. The van der Waals surface area contributed by atoms with Gasteiger partial charge < -0.3 is 5.32 Å². The summed E-state index contributed by atoms with van der Waals surface area (Å²) in [7, 11) is 5.57. The smallest absolute Gasteiger partial charge is 0.237 e. The van der Waals surface area contributed by atoms with Crippen LogP contribution in [0.25, 0.3) is 0 Å². The van der Waals surface area contributed by atoms with E-state index in [2.05, 4.69) is 12.2 Å². The van der Waals surface area contributed by atoms with Crippen molar-refractivity contribution in [1.82, 2.24) is 10.2 Å². The molecule has 0 aliphatic rings. The third kappa shape index (κ3) is 3.72. The highest BCUT2D eigenvalue weighted by Gasteiger charge is 2.17. The van der Waals surface area contributed by atoms with Crippen molar-refractivity contribution in [3.05, 3.63) is 0 Å². The summed E-state index contributed by atoms with van der Waals surface area (Å²) in [6.07, 6.45) is 3.20. The van der Waals surface area contributed by atoms with Crippen LogP contribution in [0.15, 0.2) is 0 Å². The molecule has 0 aromatic rings. The Balaban J connectivity index is 3.95. The summed E-state index contributed by atoms with van der Waals surface area (Å²) in [6.45, 7) is 2.14. The SMILES string of the molecule is CCCCC(C(=O)NC)N(C)C.